The van der Waals surface area contributed by atoms with Gasteiger partial charge in [-0.05, 0) is 73.5 Å². The number of hydrogen-bond donors (Lipinski definition) is 0. The largest absolute Gasteiger partial charge is 0.467 e. The third-order valence-electron chi connectivity index (χ3n) is 15.1. The fraction of sp³-hybridized carbons (Fsp3) is 0.787. The maximum Gasteiger partial charge on any atom is 0.339 e. The van der Waals surface area contributed by atoms with Crippen molar-refractivity contribution >= 4 is 59.3 Å². The van der Waals surface area contributed by atoms with Crippen molar-refractivity contribution in [3.63, 3.8) is 0 Å². The number of carbonyl (C=O) groups is 10. The number of carbonyl (C=O) groups excluding carboxylic acids is 10. The normalized spacial score (nSPS) is 39.1. The average molecular weight is 981 g/mol. The summed E-state index contributed by atoms with van der Waals surface area (Å²) in [5.74, 6) is -8.24. The number of ketones is 2. The molecule has 22 nitrogen and oxygen atoms in total. The molecule has 384 valence electrons. The first-order chi connectivity index (χ1) is 32.4. The minimum atomic E-state index is -1.70. The van der Waals surface area contributed by atoms with Crippen LogP contribution in [-0.4, -0.2) is 148 Å². The van der Waals surface area contributed by atoms with E-state index in [1.807, 2.05) is 6.92 Å². The van der Waals surface area contributed by atoms with Gasteiger partial charge in [0.25, 0.3) is 0 Å². The van der Waals surface area contributed by atoms with Gasteiger partial charge < -0.3 is 56.8 Å². The summed E-state index contributed by atoms with van der Waals surface area (Å²) < 4.78 is 66.8. The van der Waals surface area contributed by atoms with E-state index in [-0.39, 0.29) is 41.7 Å². The lowest BCUT2D eigenvalue weighted by molar-refractivity contribution is -0.314. The summed E-state index contributed by atoms with van der Waals surface area (Å²) in [5.41, 5.74) is -1.18. The van der Waals surface area contributed by atoms with Crippen LogP contribution < -0.4 is 0 Å². The van der Waals surface area contributed by atoms with Gasteiger partial charge in [0.2, 0.25) is 0 Å². The first-order valence-electron chi connectivity index (χ1n) is 23.3. The van der Waals surface area contributed by atoms with E-state index < -0.39 is 139 Å². The van der Waals surface area contributed by atoms with Gasteiger partial charge in [-0.15, -0.1) is 0 Å². The number of rotatable bonds is 14. The van der Waals surface area contributed by atoms with Crippen molar-refractivity contribution in [2.45, 2.75) is 174 Å². The summed E-state index contributed by atoms with van der Waals surface area (Å²) in [6.07, 6.45) is -12.0. The van der Waals surface area contributed by atoms with Crippen LogP contribution in [0, 0.1) is 40.4 Å². The molecule has 6 rings (SSSR count). The van der Waals surface area contributed by atoms with Gasteiger partial charge in [0.05, 0.1) is 20.3 Å². The Morgan fingerprint density at radius 3 is 1.52 bits per heavy atom. The summed E-state index contributed by atoms with van der Waals surface area (Å²) in [6, 6.07) is 0. The van der Waals surface area contributed by atoms with Crippen LogP contribution in [0.4, 0.5) is 0 Å². The molecule has 0 aromatic rings. The van der Waals surface area contributed by atoms with Crippen LogP contribution in [0.2, 0.25) is 0 Å². The van der Waals surface area contributed by atoms with Crippen LogP contribution in [0.5, 0.6) is 0 Å². The van der Waals surface area contributed by atoms with Gasteiger partial charge in [-0.3, -0.25) is 38.4 Å². The Hall–Kier alpha value is -5.06. The Morgan fingerprint density at radius 1 is 0.565 bits per heavy atom. The molecule has 4 aliphatic carbocycles. The van der Waals surface area contributed by atoms with E-state index in [1.54, 1.807) is 0 Å². The number of fused-ring (bicyclic) bond motifs is 5. The predicted molar refractivity (Wildman–Crippen MR) is 226 cm³/mol. The Kier molecular flexibility index (Phi) is 16.6. The van der Waals surface area contributed by atoms with Crippen molar-refractivity contribution in [2.24, 2.45) is 40.4 Å². The van der Waals surface area contributed by atoms with E-state index in [4.69, 9.17) is 56.8 Å². The first kappa shape index (κ1) is 53.3. The molecule has 2 saturated heterocycles. The highest BCUT2D eigenvalue weighted by Crippen LogP contribution is 2.66. The SMILES string of the molecule is COC(=O)[C@H]1O[C@@H](O[C@@H]2CCC3(C)C(CCC4C5CCC(C(=O)CO[C@H]6O[C@@H](C(=O)OC)[C@H](OC(C)=O)[C@@H](OC(C)=O)[C@@H]6OC(C)=O)C5(C)CC(=O)C43)C2)[C@H](OC(C)=O)[C@@H](OC(C)=O)[C@@H]1OC(C)=O. The maximum absolute atomic E-state index is 14.7. The lowest BCUT2D eigenvalue weighted by Crippen LogP contribution is -2.64. The second-order valence-electron chi connectivity index (χ2n) is 19.5. The fourth-order valence-corrected chi connectivity index (χ4v) is 12.5. The topological polar surface area (TPSA) is 281 Å². The predicted octanol–water partition coefficient (Wildman–Crippen LogP) is 2.18. The van der Waals surface area contributed by atoms with Crippen LogP contribution in [0.15, 0.2) is 0 Å². The summed E-state index contributed by atoms with van der Waals surface area (Å²) in [7, 11) is 2.16. The van der Waals surface area contributed by atoms with Crippen LogP contribution in [-0.2, 0) is 105 Å². The lowest BCUT2D eigenvalue weighted by Gasteiger charge is -2.60. The van der Waals surface area contributed by atoms with Crippen LogP contribution in [0.25, 0.3) is 0 Å². The minimum absolute atomic E-state index is 0.000853. The molecular formula is C47H64O22. The molecule has 0 aromatic heterocycles. The molecule has 69 heavy (non-hydrogen) atoms. The quantitative estimate of drug-likeness (QED) is 0.137. The summed E-state index contributed by atoms with van der Waals surface area (Å²) in [6.45, 7) is 10.0. The Bertz CT molecular complexity index is 2040. The molecule has 0 aromatic carbocycles. The van der Waals surface area contributed by atoms with E-state index in [9.17, 15) is 47.9 Å². The number of hydrogen-bond acceptors (Lipinski definition) is 22. The molecule has 6 aliphatic rings. The maximum atomic E-state index is 14.7. The molecule has 7 unspecified atom stereocenters. The molecule has 0 amide bonds. The van der Waals surface area contributed by atoms with Gasteiger partial charge in [0.15, 0.2) is 67.2 Å². The average Bonchev–Trinajstić information content (AvgIpc) is 3.61. The van der Waals surface area contributed by atoms with Gasteiger partial charge in [0.1, 0.15) is 12.4 Å². The van der Waals surface area contributed by atoms with Crippen LogP contribution >= 0.6 is 0 Å². The van der Waals surface area contributed by atoms with Crippen molar-refractivity contribution in [1.29, 1.82) is 0 Å². The molecule has 0 radical (unpaired) electrons. The number of methoxy groups -OCH3 is 2. The number of ether oxygens (including phenoxy) is 12. The molecule has 22 heteroatoms. The van der Waals surface area contributed by atoms with Crippen LogP contribution in [0.1, 0.15) is 107 Å². The van der Waals surface area contributed by atoms with E-state index in [0.29, 0.717) is 38.5 Å². The Morgan fingerprint density at radius 2 is 1.03 bits per heavy atom. The third-order valence-corrected chi connectivity index (χ3v) is 15.1. The van der Waals surface area contributed by atoms with Crippen molar-refractivity contribution in [1.82, 2.24) is 0 Å². The molecule has 18 atom stereocenters. The zero-order valence-corrected chi connectivity index (χ0v) is 40.6. The van der Waals surface area contributed by atoms with E-state index >= 15 is 0 Å². The molecule has 0 N–H and O–H groups in total. The highest BCUT2D eigenvalue weighted by molar-refractivity contribution is 5.88. The molecule has 0 bridgehead atoms. The smallest absolute Gasteiger partial charge is 0.339 e. The second-order valence-corrected chi connectivity index (χ2v) is 19.5. The summed E-state index contributed by atoms with van der Waals surface area (Å²) in [5, 5.41) is 0. The van der Waals surface area contributed by atoms with Crippen molar-refractivity contribution in [3.8, 4) is 0 Å². The molecule has 2 heterocycles. The zero-order valence-electron chi connectivity index (χ0n) is 40.6. The minimum Gasteiger partial charge on any atom is -0.467 e. The van der Waals surface area contributed by atoms with Gasteiger partial charge in [-0.2, -0.15) is 0 Å². The Balaban J connectivity index is 1.16. The summed E-state index contributed by atoms with van der Waals surface area (Å²) in [4.78, 5) is 128. The number of Topliss-reactive ketones (excluding diaryl/α,β-unsaturated/α-hetero) is 2. The molecule has 6 fully saturated rings. The van der Waals surface area contributed by atoms with E-state index in [0.717, 1.165) is 62.2 Å². The van der Waals surface area contributed by atoms with Gasteiger partial charge >= 0.3 is 47.8 Å². The second kappa shape index (κ2) is 21.5. The standard InChI is InChI=1S/C47H64O22/c1-20(48)61-34-36(63-22(3)50)40(65-24(5)52)44(68-38(34)42(56)58-9)60-19-32(55)30-14-13-29-28-12-11-26-17-27(15-16-46(26,7)33(28)31(54)18-47(29,30)8)67-45-41(66-25(6)53)37(64-23(4)51)35(62-21(2)49)39(69-45)43(57)59-10/h26-30,33-41,44-45H,11-19H2,1-10H3/t26?,27-,28?,29?,30?,33?,34-,35+,36-,37+,38-,39+,40+,41-,44+,45-,46?,47?/m1/s1. The molecular weight excluding hydrogens is 916 g/mol. The van der Waals surface area contributed by atoms with E-state index in [1.165, 1.54) is 0 Å². The van der Waals surface area contributed by atoms with Crippen molar-refractivity contribution < 1.29 is 105 Å². The molecule has 0 spiro atoms. The number of esters is 8. The zero-order chi connectivity index (χ0) is 50.9. The van der Waals surface area contributed by atoms with E-state index in [2.05, 4.69) is 6.92 Å². The van der Waals surface area contributed by atoms with Crippen LogP contribution in [0.3, 0.4) is 0 Å². The van der Waals surface area contributed by atoms with Crippen molar-refractivity contribution in [2.75, 3.05) is 20.8 Å². The Labute approximate surface area is 398 Å². The lowest BCUT2D eigenvalue weighted by atomic mass is 9.44. The third kappa shape index (κ3) is 11.1. The van der Waals surface area contributed by atoms with Gasteiger partial charge in [0, 0.05) is 59.8 Å². The fourth-order valence-electron chi connectivity index (χ4n) is 12.5. The molecule has 2 aliphatic heterocycles. The summed E-state index contributed by atoms with van der Waals surface area (Å²) >= 11 is 0. The van der Waals surface area contributed by atoms with Gasteiger partial charge in [-0.25, -0.2) is 9.59 Å². The monoisotopic (exact) mass is 980 g/mol. The molecule has 4 saturated carbocycles. The van der Waals surface area contributed by atoms with Gasteiger partial charge in [-0.1, -0.05) is 13.8 Å². The first-order valence-corrected chi connectivity index (χ1v) is 23.3. The van der Waals surface area contributed by atoms with Crippen molar-refractivity contribution in [3.05, 3.63) is 0 Å². The highest BCUT2D eigenvalue weighted by Gasteiger charge is 2.65. The highest BCUT2D eigenvalue weighted by atomic mass is 16.8.